The molecule has 0 amide bonds. The van der Waals surface area contributed by atoms with E-state index in [1.807, 2.05) is 0 Å². The Morgan fingerprint density at radius 1 is 1.27 bits per heavy atom. The molecule has 0 spiro atoms. The number of carboxylic acids is 1. The second kappa shape index (κ2) is 4.28. The molecule has 15 heavy (non-hydrogen) atoms. The summed E-state index contributed by atoms with van der Waals surface area (Å²) in [6.45, 7) is 5.45. The third-order valence-corrected chi connectivity index (χ3v) is 2.07. The highest BCUT2D eigenvalue weighted by Gasteiger charge is 2.15. The molecular weight excluding hydrogens is 216 g/mol. The van der Waals surface area contributed by atoms with Crippen molar-refractivity contribution in [2.24, 2.45) is 0 Å². The van der Waals surface area contributed by atoms with Gasteiger partial charge < -0.3 is 5.11 Å². The Morgan fingerprint density at radius 3 is 2.27 bits per heavy atom. The third-order valence-electron chi connectivity index (χ3n) is 1.85. The molecule has 0 saturated carbocycles. The second-order valence-electron chi connectivity index (χ2n) is 3.14. The number of halogens is 1. The molecule has 1 aromatic rings. The molecule has 3 nitrogen and oxygen atoms in total. The van der Waals surface area contributed by atoms with E-state index >= 15 is 0 Å². The van der Waals surface area contributed by atoms with Crippen molar-refractivity contribution in [3.05, 3.63) is 40.9 Å². The molecule has 1 rings (SSSR count). The number of carboxylic acid groups (broad SMARTS) is 1. The van der Waals surface area contributed by atoms with Crippen molar-refractivity contribution in [3.63, 3.8) is 0 Å². The molecule has 78 valence electrons. The van der Waals surface area contributed by atoms with Crippen LogP contribution in [0.1, 0.15) is 22.8 Å². The highest BCUT2D eigenvalue weighted by atomic mass is 35.5. The van der Waals surface area contributed by atoms with Gasteiger partial charge in [-0.25, -0.2) is 4.79 Å². The van der Waals surface area contributed by atoms with Gasteiger partial charge in [0.15, 0.2) is 0 Å². The number of hydrogen-bond donors (Lipinski definition) is 1. The summed E-state index contributed by atoms with van der Waals surface area (Å²) in [6.07, 6.45) is 0. The number of carbonyl (C=O) groups is 2. The van der Waals surface area contributed by atoms with Crippen LogP contribution in [0.25, 0.3) is 5.57 Å². The lowest BCUT2D eigenvalue weighted by Crippen LogP contribution is -2.12. The molecule has 0 unspecified atom stereocenters. The topological polar surface area (TPSA) is 54.4 Å². The number of benzene rings is 1. The molecule has 0 aromatic heterocycles. The molecule has 0 fully saturated rings. The average molecular weight is 225 g/mol. The molecule has 0 heterocycles. The summed E-state index contributed by atoms with van der Waals surface area (Å²) in [5.74, 6) is -2.47. The predicted octanol–water partition coefficient (Wildman–Crippen LogP) is 2.64. The van der Waals surface area contributed by atoms with Crippen LogP contribution >= 0.6 is 11.6 Å². The predicted molar refractivity (Wildman–Crippen MR) is 58.1 cm³/mol. The highest BCUT2D eigenvalue weighted by molar-refractivity contribution is 6.40. The van der Waals surface area contributed by atoms with Crippen molar-refractivity contribution in [1.82, 2.24) is 0 Å². The van der Waals surface area contributed by atoms with Gasteiger partial charge in [-0.3, -0.25) is 4.79 Å². The maximum Gasteiger partial charge on any atom is 0.377 e. The fraction of sp³-hybridized carbons (Fsp3) is 0.0909. The van der Waals surface area contributed by atoms with E-state index < -0.39 is 11.8 Å². The van der Waals surface area contributed by atoms with Gasteiger partial charge in [-0.1, -0.05) is 23.8 Å². The van der Waals surface area contributed by atoms with E-state index in [1.54, 1.807) is 13.0 Å². The average Bonchev–Trinajstić information content (AvgIpc) is 2.15. The normalized spacial score (nSPS) is 9.73. The van der Waals surface area contributed by atoms with Gasteiger partial charge in [0, 0.05) is 10.6 Å². The van der Waals surface area contributed by atoms with Crippen molar-refractivity contribution in [1.29, 1.82) is 0 Å². The number of allylic oxidation sites excluding steroid dienone is 1. The van der Waals surface area contributed by atoms with Gasteiger partial charge in [-0.05, 0) is 30.7 Å². The van der Waals surface area contributed by atoms with Gasteiger partial charge in [-0.15, -0.1) is 0 Å². The van der Waals surface area contributed by atoms with Crippen LogP contribution in [0.15, 0.2) is 24.8 Å². The molecule has 1 aromatic carbocycles. The molecule has 0 aliphatic heterocycles. The standard InChI is InChI=1S/C11H9ClO3/c1-6(2)7-3-8(5-9(12)4-7)10(13)11(14)15/h3-5H,1H2,2H3,(H,14,15). The van der Waals surface area contributed by atoms with Crippen molar-refractivity contribution >= 4 is 28.9 Å². The highest BCUT2D eigenvalue weighted by Crippen LogP contribution is 2.20. The first-order valence-corrected chi connectivity index (χ1v) is 4.53. The van der Waals surface area contributed by atoms with E-state index in [9.17, 15) is 9.59 Å². The summed E-state index contributed by atoms with van der Waals surface area (Å²) in [6, 6.07) is 4.41. The molecule has 0 saturated heterocycles. The molecule has 4 heteroatoms. The SMILES string of the molecule is C=C(C)c1cc(Cl)cc(C(=O)C(=O)O)c1. The Labute approximate surface area is 92.0 Å². The summed E-state index contributed by atoms with van der Waals surface area (Å²) in [7, 11) is 0. The minimum atomic E-state index is -1.50. The summed E-state index contributed by atoms with van der Waals surface area (Å²) < 4.78 is 0. The first kappa shape index (κ1) is 11.5. The van der Waals surface area contributed by atoms with Crippen LogP contribution in [-0.2, 0) is 4.79 Å². The number of ketones is 1. The first-order valence-electron chi connectivity index (χ1n) is 4.16. The largest absolute Gasteiger partial charge is 0.475 e. The van der Waals surface area contributed by atoms with Crippen LogP contribution in [0, 0.1) is 0 Å². The third kappa shape index (κ3) is 2.67. The van der Waals surface area contributed by atoms with Crippen molar-refractivity contribution in [2.45, 2.75) is 6.92 Å². The van der Waals surface area contributed by atoms with Crippen LogP contribution < -0.4 is 0 Å². The molecule has 0 aliphatic carbocycles. The van der Waals surface area contributed by atoms with Crippen LogP contribution in [0.3, 0.4) is 0 Å². The molecule has 0 aliphatic rings. The second-order valence-corrected chi connectivity index (χ2v) is 3.58. The molecular formula is C11H9ClO3. The number of carbonyl (C=O) groups excluding carboxylic acids is 1. The first-order chi connectivity index (χ1) is 6.91. The van der Waals surface area contributed by atoms with Gasteiger partial charge in [0.2, 0.25) is 0 Å². The maximum absolute atomic E-state index is 11.2. The number of aliphatic carboxylic acids is 1. The number of hydrogen-bond acceptors (Lipinski definition) is 2. The Kier molecular flexibility index (Phi) is 3.27. The minimum Gasteiger partial charge on any atom is -0.475 e. The zero-order valence-electron chi connectivity index (χ0n) is 8.08. The maximum atomic E-state index is 11.2. The van der Waals surface area contributed by atoms with E-state index in [4.69, 9.17) is 16.7 Å². The zero-order valence-corrected chi connectivity index (χ0v) is 8.84. The Bertz CT molecular complexity index is 449. The summed E-state index contributed by atoms with van der Waals surface area (Å²) >= 11 is 5.76. The van der Waals surface area contributed by atoms with E-state index in [1.165, 1.54) is 12.1 Å². The van der Waals surface area contributed by atoms with Gasteiger partial charge in [0.05, 0.1) is 0 Å². The van der Waals surface area contributed by atoms with E-state index in [0.29, 0.717) is 10.6 Å². The van der Waals surface area contributed by atoms with Crippen molar-refractivity contribution < 1.29 is 14.7 Å². The van der Waals surface area contributed by atoms with Gasteiger partial charge in [0.25, 0.3) is 5.78 Å². The van der Waals surface area contributed by atoms with Gasteiger partial charge >= 0.3 is 5.97 Å². The smallest absolute Gasteiger partial charge is 0.377 e. The lowest BCUT2D eigenvalue weighted by molar-refractivity contribution is -0.131. The Hall–Kier alpha value is -1.61. The molecule has 0 atom stereocenters. The van der Waals surface area contributed by atoms with Crippen LogP contribution in [0.4, 0.5) is 0 Å². The lowest BCUT2D eigenvalue weighted by Gasteiger charge is -2.03. The van der Waals surface area contributed by atoms with E-state index in [0.717, 1.165) is 5.57 Å². The van der Waals surface area contributed by atoms with Gasteiger partial charge in [-0.2, -0.15) is 0 Å². The molecule has 0 radical (unpaired) electrons. The Morgan fingerprint density at radius 2 is 1.80 bits per heavy atom. The monoisotopic (exact) mass is 224 g/mol. The van der Waals surface area contributed by atoms with Crippen LogP contribution in [0.2, 0.25) is 5.02 Å². The lowest BCUT2D eigenvalue weighted by atomic mass is 10.0. The summed E-state index contributed by atoms with van der Waals surface area (Å²) in [5.41, 5.74) is 1.44. The number of Topliss-reactive ketones (excluding diaryl/α,β-unsaturated/α-hetero) is 1. The Balaban J connectivity index is 3.26. The zero-order chi connectivity index (χ0) is 11.6. The fourth-order valence-corrected chi connectivity index (χ4v) is 1.33. The quantitative estimate of drug-likeness (QED) is 0.634. The molecule has 1 N–H and O–H groups in total. The van der Waals surface area contributed by atoms with E-state index in [2.05, 4.69) is 6.58 Å². The fourth-order valence-electron chi connectivity index (χ4n) is 1.09. The van der Waals surface area contributed by atoms with Crippen molar-refractivity contribution in [3.8, 4) is 0 Å². The summed E-state index contributed by atoms with van der Waals surface area (Å²) in [4.78, 5) is 21.7. The van der Waals surface area contributed by atoms with Crippen LogP contribution in [-0.4, -0.2) is 16.9 Å². The van der Waals surface area contributed by atoms with Gasteiger partial charge in [0.1, 0.15) is 0 Å². The summed E-state index contributed by atoms with van der Waals surface area (Å²) in [5, 5.41) is 8.86. The minimum absolute atomic E-state index is 0.0630. The number of rotatable bonds is 3. The van der Waals surface area contributed by atoms with Crippen molar-refractivity contribution in [2.75, 3.05) is 0 Å². The van der Waals surface area contributed by atoms with E-state index in [-0.39, 0.29) is 5.56 Å². The van der Waals surface area contributed by atoms with Crippen LogP contribution in [0.5, 0.6) is 0 Å². The molecule has 0 bridgehead atoms.